The van der Waals surface area contributed by atoms with E-state index in [9.17, 15) is 15.8 Å². The summed E-state index contributed by atoms with van der Waals surface area (Å²) in [5, 5.41) is 35.2. The Kier molecular flexibility index (Phi) is 8.02. The Hall–Kier alpha value is -6.71. The highest BCUT2D eigenvalue weighted by Crippen LogP contribution is 2.41. The second-order valence-electron chi connectivity index (χ2n) is 13.2. The number of allylic oxidation sites excluding steroid dienone is 1. The molecular formula is C46H32N4Si. The van der Waals surface area contributed by atoms with Gasteiger partial charge in [-0.1, -0.05) is 116 Å². The van der Waals surface area contributed by atoms with Crippen LogP contribution in [0.25, 0.3) is 33.8 Å². The fraction of sp³-hybridized carbons (Fsp3) is 0.0652. The number of fused-ring (bicyclic) bond motifs is 3. The monoisotopic (exact) mass is 668 g/mol. The zero-order chi connectivity index (χ0) is 35.0. The summed E-state index contributed by atoms with van der Waals surface area (Å²) >= 11 is 0. The van der Waals surface area contributed by atoms with Crippen LogP contribution in [0.5, 0.6) is 0 Å². The van der Waals surface area contributed by atoms with Crippen LogP contribution in [0.3, 0.4) is 0 Å². The summed E-state index contributed by atoms with van der Waals surface area (Å²) in [6, 6.07) is 60.1. The van der Waals surface area contributed by atoms with Gasteiger partial charge in [0.25, 0.3) is 0 Å². The molecule has 0 saturated carbocycles. The molecule has 1 unspecified atom stereocenters. The summed E-state index contributed by atoms with van der Waals surface area (Å²) in [5.74, 6) is 0.150. The Morgan fingerprint density at radius 3 is 1.75 bits per heavy atom. The average molecular weight is 669 g/mol. The zero-order valence-electron chi connectivity index (χ0n) is 28.1. The molecular weight excluding hydrogens is 637 g/mol. The summed E-state index contributed by atoms with van der Waals surface area (Å²) in [5.41, 5.74) is 8.53. The molecule has 0 fully saturated rings. The number of aromatic nitrogens is 1. The molecule has 0 amide bonds. The average Bonchev–Trinajstić information content (AvgIpc) is 3.53. The van der Waals surface area contributed by atoms with E-state index in [1.54, 1.807) is 0 Å². The number of hydrogen-bond acceptors (Lipinski definition) is 3. The minimum atomic E-state index is -2.78. The number of benzene rings is 6. The fourth-order valence-electron chi connectivity index (χ4n) is 7.97. The fourth-order valence-corrected chi connectivity index (χ4v) is 12.7. The highest BCUT2D eigenvalue weighted by molar-refractivity contribution is 7.19. The van der Waals surface area contributed by atoms with Crippen LogP contribution < -0.4 is 20.7 Å². The Balaban J connectivity index is 1.23. The smallest absolute Gasteiger partial charge is 0.179 e. The Labute approximate surface area is 299 Å². The number of rotatable bonds is 6. The quantitative estimate of drug-likeness (QED) is 0.134. The second-order valence-corrected chi connectivity index (χ2v) is 17.0. The van der Waals surface area contributed by atoms with E-state index in [1.807, 2.05) is 36.4 Å². The van der Waals surface area contributed by atoms with Crippen molar-refractivity contribution in [2.75, 3.05) is 0 Å². The molecule has 7 aromatic rings. The SMILES string of the molecule is CC1CC(C#N)=Cc2c1n(-c1ccc(-c3ccc([Si](c4ccccc4)(c4ccccc4)c4cccc(C#N)c4)cc3)cc1)c1ccc(C#N)cc21. The van der Waals surface area contributed by atoms with E-state index in [4.69, 9.17) is 0 Å². The first-order valence-electron chi connectivity index (χ1n) is 17.1. The summed E-state index contributed by atoms with van der Waals surface area (Å²) in [6.45, 7) is 2.17. The Bertz CT molecular complexity index is 2540. The zero-order valence-corrected chi connectivity index (χ0v) is 29.1. The molecule has 0 saturated heterocycles. The van der Waals surface area contributed by atoms with E-state index in [-0.39, 0.29) is 5.92 Å². The van der Waals surface area contributed by atoms with Gasteiger partial charge in [-0.3, -0.25) is 0 Å². The van der Waals surface area contributed by atoms with Crippen LogP contribution in [0, 0.1) is 34.0 Å². The van der Waals surface area contributed by atoms with Crippen LogP contribution in [0.15, 0.2) is 157 Å². The van der Waals surface area contributed by atoms with E-state index < -0.39 is 8.07 Å². The van der Waals surface area contributed by atoms with Gasteiger partial charge in [0.15, 0.2) is 8.07 Å². The first-order valence-corrected chi connectivity index (χ1v) is 19.1. The van der Waals surface area contributed by atoms with Crippen molar-refractivity contribution in [3.05, 3.63) is 180 Å². The Morgan fingerprint density at radius 2 is 1.14 bits per heavy atom. The predicted molar refractivity (Wildman–Crippen MR) is 208 cm³/mol. The third-order valence-electron chi connectivity index (χ3n) is 10.2. The van der Waals surface area contributed by atoms with E-state index in [0.29, 0.717) is 17.5 Å². The van der Waals surface area contributed by atoms with Gasteiger partial charge in [0.2, 0.25) is 0 Å². The highest BCUT2D eigenvalue weighted by Gasteiger charge is 2.41. The number of nitriles is 3. The molecule has 8 rings (SSSR count). The van der Waals surface area contributed by atoms with Crippen molar-refractivity contribution in [1.29, 1.82) is 15.8 Å². The minimum absolute atomic E-state index is 0.150. The molecule has 4 nitrogen and oxygen atoms in total. The molecule has 240 valence electrons. The standard InChI is InChI=1S/C46H32N4Si/c1-32-25-35(31-49)28-44-43-27-34(30-48)15-24-45(43)50(46(32)44)38-20-16-36(17-21-38)37-18-22-41(23-19-37)51(39-10-4-2-5-11-39,40-12-6-3-7-13-40)42-14-8-9-33(26-42)29-47/h2-24,26-28,32H,25H2,1H3. The van der Waals surface area contributed by atoms with Gasteiger partial charge in [0, 0.05) is 33.8 Å². The molecule has 0 radical (unpaired) electrons. The van der Waals surface area contributed by atoms with Gasteiger partial charge in [0.1, 0.15) is 0 Å². The Morgan fingerprint density at radius 1 is 0.569 bits per heavy atom. The molecule has 1 aliphatic carbocycles. The van der Waals surface area contributed by atoms with Crippen LogP contribution in [-0.4, -0.2) is 12.6 Å². The molecule has 0 aliphatic heterocycles. The van der Waals surface area contributed by atoms with E-state index >= 15 is 0 Å². The maximum Gasteiger partial charge on any atom is 0.179 e. The topological polar surface area (TPSA) is 76.3 Å². The summed E-state index contributed by atoms with van der Waals surface area (Å²) in [4.78, 5) is 0. The lowest BCUT2D eigenvalue weighted by atomic mass is 9.88. The van der Waals surface area contributed by atoms with Crippen molar-refractivity contribution in [3.63, 3.8) is 0 Å². The van der Waals surface area contributed by atoms with Gasteiger partial charge < -0.3 is 4.57 Å². The lowest BCUT2D eigenvalue weighted by Gasteiger charge is -2.34. The maximum absolute atomic E-state index is 9.89. The number of nitrogens with zero attached hydrogens (tertiary/aromatic N) is 4. The molecule has 1 heterocycles. The molecule has 0 spiro atoms. The highest BCUT2D eigenvalue weighted by atomic mass is 28.3. The van der Waals surface area contributed by atoms with Crippen LogP contribution >= 0.6 is 0 Å². The van der Waals surface area contributed by atoms with Crippen LogP contribution in [0.2, 0.25) is 0 Å². The van der Waals surface area contributed by atoms with Crippen LogP contribution in [0.4, 0.5) is 0 Å². The summed E-state index contributed by atoms with van der Waals surface area (Å²) < 4.78 is 2.29. The van der Waals surface area contributed by atoms with Gasteiger partial charge in [-0.25, -0.2) is 0 Å². The van der Waals surface area contributed by atoms with E-state index in [1.165, 1.54) is 26.4 Å². The van der Waals surface area contributed by atoms with Crippen molar-refractivity contribution in [3.8, 4) is 35.0 Å². The molecule has 0 N–H and O–H groups in total. The van der Waals surface area contributed by atoms with Gasteiger partial charge in [-0.15, -0.1) is 0 Å². The van der Waals surface area contributed by atoms with Gasteiger partial charge in [-0.2, -0.15) is 15.8 Å². The second kappa shape index (κ2) is 13.0. The van der Waals surface area contributed by atoms with E-state index in [2.05, 4.69) is 151 Å². The lowest BCUT2D eigenvalue weighted by Crippen LogP contribution is -2.74. The van der Waals surface area contributed by atoms with Crippen LogP contribution in [-0.2, 0) is 0 Å². The van der Waals surface area contributed by atoms with Gasteiger partial charge in [0.05, 0.1) is 34.9 Å². The summed E-state index contributed by atoms with van der Waals surface area (Å²) in [7, 11) is -2.78. The minimum Gasteiger partial charge on any atom is -0.313 e. The molecule has 1 aliphatic rings. The number of hydrogen-bond donors (Lipinski definition) is 0. The van der Waals surface area contributed by atoms with Gasteiger partial charge in [-0.05, 0) is 86.8 Å². The first kappa shape index (κ1) is 31.5. The molecule has 51 heavy (non-hydrogen) atoms. The van der Waals surface area contributed by atoms with Gasteiger partial charge >= 0.3 is 0 Å². The van der Waals surface area contributed by atoms with E-state index in [0.717, 1.165) is 38.9 Å². The normalized spacial score (nSPS) is 13.8. The third-order valence-corrected chi connectivity index (χ3v) is 15.0. The lowest BCUT2D eigenvalue weighted by molar-refractivity contribution is 0.710. The summed E-state index contributed by atoms with van der Waals surface area (Å²) in [6.07, 6.45) is 2.68. The van der Waals surface area contributed by atoms with Crippen molar-refractivity contribution in [1.82, 2.24) is 4.57 Å². The molecule has 5 heteroatoms. The maximum atomic E-state index is 9.89. The van der Waals surface area contributed by atoms with Crippen LogP contribution in [0.1, 0.15) is 41.6 Å². The molecule has 6 aromatic carbocycles. The van der Waals surface area contributed by atoms with Crippen molar-refractivity contribution in [2.24, 2.45) is 0 Å². The third kappa shape index (κ3) is 5.27. The molecule has 0 bridgehead atoms. The van der Waals surface area contributed by atoms with Crippen molar-refractivity contribution < 1.29 is 0 Å². The first-order chi connectivity index (χ1) is 25.0. The predicted octanol–water partition coefficient (Wildman–Crippen LogP) is 7.83. The largest absolute Gasteiger partial charge is 0.313 e. The van der Waals surface area contributed by atoms with Crippen molar-refractivity contribution >= 4 is 45.8 Å². The molecule has 1 atom stereocenters. The van der Waals surface area contributed by atoms with Crippen molar-refractivity contribution in [2.45, 2.75) is 19.3 Å². The molecule has 1 aromatic heterocycles.